The third kappa shape index (κ3) is 3.28. The summed E-state index contributed by atoms with van der Waals surface area (Å²) in [5, 5.41) is 9.35. The summed E-state index contributed by atoms with van der Waals surface area (Å²) in [6.45, 7) is 5.16. The van der Waals surface area contributed by atoms with Gasteiger partial charge in [0.25, 0.3) is 0 Å². The van der Waals surface area contributed by atoms with Crippen LogP contribution in [0.5, 0.6) is 0 Å². The van der Waals surface area contributed by atoms with Crippen molar-refractivity contribution in [2.75, 3.05) is 29.4 Å². The highest BCUT2D eigenvalue weighted by Gasteiger charge is 2.34. The van der Waals surface area contributed by atoms with Crippen LogP contribution in [0, 0.1) is 6.92 Å². The Morgan fingerprint density at radius 1 is 0.962 bits per heavy atom. The number of carboxylic acid groups (broad SMARTS) is 1. The van der Waals surface area contributed by atoms with E-state index in [9.17, 15) is 9.90 Å². The number of carboxylic acids is 1. The summed E-state index contributed by atoms with van der Waals surface area (Å²) in [4.78, 5) is 15.8. The van der Waals surface area contributed by atoms with Crippen LogP contribution in [-0.2, 0) is 4.79 Å². The van der Waals surface area contributed by atoms with Gasteiger partial charge in [-0.2, -0.15) is 0 Å². The van der Waals surface area contributed by atoms with Crippen LogP contribution < -0.4 is 9.80 Å². The van der Waals surface area contributed by atoms with Crippen molar-refractivity contribution in [3.8, 4) is 11.1 Å². The molecule has 4 heteroatoms. The summed E-state index contributed by atoms with van der Waals surface area (Å²) < 4.78 is 0. The Labute approximate surface area is 155 Å². The lowest BCUT2D eigenvalue weighted by Crippen LogP contribution is -2.52. The zero-order valence-electron chi connectivity index (χ0n) is 15.3. The molecule has 2 saturated heterocycles. The van der Waals surface area contributed by atoms with Crippen molar-refractivity contribution < 1.29 is 9.90 Å². The molecule has 1 unspecified atom stereocenters. The molecule has 0 radical (unpaired) electrons. The highest BCUT2D eigenvalue weighted by atomic mass is 16.4. The van der Waals surface area contributed by atoms with E-state index in [-0.39, 0.29) is 6.04 Å². The number of piperidine rings is 1. The maximum Gasteiger partial charge on any atom is 0.326 e. The minimum absolute atomic E-state index is 0.385. The predicted molar refractivity (Wildman–Crippen MR) is 106 cm³/mol. The van der Waals surface area contributed by atoms with Gasteiger partial charge in [-0.3, -0.25) is 0 Å². The van der Waals surface area contributed by atoms with Gasteiger partial charge in [0.05, 0.1) is 0 Å². The maximum absolute atomic E-state index is 11.4. The molecule has 1 atom stereocenters. The Balaban J connectivity index is 1.64. The van der Waals surface area contributed by atoms with Gasteiger partial charge in [0.2, 0.25) is 0 Å². The van der Waals surface area contributed by atoms with Gasteiger partial charge in [-0.05, 0) is 73.6 Å². The fraction of sp³-hybridized carbons (Fsp3) is 0.409. The van der Waals surface area contributed by atoms with Gasteiger partial charge < -0.3 is 14.9 Å². The molecular weight excluding hydrogens is 324 g/mol. The first-order valence-corrected chi connectivity index (χ1v) is 9.58. The summed E-state index contributed by atoms with van der Waals surface area (Å²) in [5.41, 5.74) is 5.83. The molecule has 2 aliphatic rings. The summed E-state index contributed by atoms with van der Waals surface area (Å²) in [5.74, 6) is -0.730. The average Bonchev–Trinajstić information content (AvgIpc) is 2.61. The van der Waals surface area contributed by atoms with E-state index in [0.29, 0.717) is 0 Å². The first-order chi connectivity index (χ1) is 12.6. The normalized spacial score (nSPS) is 20.0. The monoisotopic (exact) mass is 350 g/mol. The lowest BCUT2D eigenvalue weighted by Gasteiger charge is -2.40. The molecule has 4 rings (SSSR count). The van der Waals surface area contributed by atoms with Crippen molar-refractivity contribution in [2.24, 2.45) is 0 Å². The molecule has 2 fully saturated rings. The van der Waals surface area contributed by atoms with Crippen molar-refractivity contribution in [1.29, 1.82) is 0 Å². The van der Waals surface area contributed by atoms with E-state index in [2.05, 4.69) is 54.3 Å². The zero-order valence-corrected chi connectivity index (χ0v) is 15.3. The Hall–Kier alpha value is -2.49. The van der Waals surface area contributed by atoms with Crippen molar-refractivity contribution in [1.82, 2.24) is 0 Å². The second kappa shape index (κ2) is 7.02. The minimum atomic E-state index is -0.730. The molecule has 1 N–H and O–H groups in total. The number of benzene rings is 2. The molecule has 0 saturated carbocycles. The molecule has 2 heterocycles. The van der Waals surface area contributed by atoms with E-state index in [1.165, 1.54) is 30.5 Å². The van der Waals surface area contributed by atoms with E-state index < -0.39 is 5.97 Å². The Morgan fingerprint density at radius 3 is 2.42 bits per heavy atom. The number of anilines is 2. The number of nitrogens with zero attached hydrogens (tertiary/aromatic N) is 2. The summed E-state index contributed by atoms with van der Waals surface area (Å²) >= 11 is 0. The number of aliphatic carboxylic acids is 1. The van der Waals surface area contributed by atoms with Crippen LogP contribution in [0.15, 0.2) is 42.5 Å². The fourth-order valence-electron chi connectivity index (χ4n) is 4.08. The third-order valence-corrected chi connectivity index (χ3v) is 5.60. The van der Waals surface area contributed by atoms with Gasteiger partial charge >= 0.3 is 5.97 Å². The van der Waals surface area contributed by atoms with E-state index in [4.69, 9.17) is 0 Å². The van der Waals surface area contributed by atoms with E-state index in [1.54, 1.807) is 0 Å². The van der Waals surface area contributed by atoms with Gasteiger partial charge in [0, 0.05) is 31.0 Å². The molecule has 0 amide bonds. The number of hydrogen-bond donors (Lipinski definition) is 1. The van der Waals surface area contributed by atoms with Crippen LogP contribution in [0.25, 0.3) is 11.1 Å². The summed E-state index contributed by atoms with van der Waals surface area (Å²) in [6, 6.07) is 14.8. The molecular formula is C22H26N2O2. The molecule has 136 valence electrons. The van der Waals surface area contributed by atoms with E-state index in [1.807, 2.05) is 4.90 Å². The van der Waals surface area contributed by atoms with Crippen molar-refractivity contribution >= 4 is 17.3 Å². The molecule has 26 heavy (non-hydrogen) atoms. The number of hydrogen-bond acceptors (Lipinski definition) is 3. The van der Waals surface area contributed by atoms with Crippen molar-refractivity contribution in [3.05, 3.63) is 48.0 Å². The smallest absolute Gasteiger partial charge is 0.326 e. The van der Waals surface area contributed by atoms with Gasteiger partial charge in [0.1, 0.15) is 6.04 Å². The molecule has 0 bridgehead atoms. The van der Waals surface area contributed by atoms with Gasteiger partial charge in [-0.15, -0.1) is 0 Å². The quantitative estimate of drug-likeness (QED) is 0.892. The van der Waals surface area contributed by atoms with Crippen LogP contribution in [-0.4, -0.2) is 36.8 Å². The topological polar surface area (TPSA) is 43.8 Å². The number of aryl methyl sites for hydroxylation is 1. The van der Waals surface area contributed by atoms with Crippen LogP contribution >= 0.6 is 0 Å². The first-order valence-electron chi connectivity index (χ1n) is 9.58. The maximum atomic E-state index is 11.4. The predicted octanol–water partition coefficient (Wildman–Crippen LogP) is 4.32. The van der Waals surface area contributed by atoms with Crippen molar-refractivity contribution in [3.63, 3.8) is 0 Å². The molecule has 2 aliphatic heterocycles. The van der Waals surface area contributed by atoms with Crippen LogP contribution in [0.2, 0.25) is 0 Å². The Kier molecular flexibility index (Phi) is 4.58. The van der Waals surface area contributed by atoms with Gasteiger partial charge in [0.15, 0.2) is 0 Å². The minimum Gasteiger partial charge on any atom is -0.480 e. The first kappa shape index (κ1) is 17.0. The van der Waals surface area contributed by atoms with Crippen LogP contribution in [0.4, 0.5) is 11.4 Å². The zero-order chi connectivity index (χ0) is 18.1. The van der Waals surface area contributed by atoms with Gasteiger partial charge in [-0.1, -0.05) is 18.2 Å². The van der Waals surface area contributed by atoms with E-state index in [0.717, 1.165) is 42.9 Å². The lowest BCUT2D eigenvalue weighted by molar-refractivity contribution is -0.139. The van der Waals surface area contributed by atoms with Gasteiger partial charge in [-0.25, -0.2) is 4.79 Å². The second-order valence-electron chi connectivity index (χ2n) is 7.49. The second-order valence-corrected chi connectivity index (χ2v) is 7.49. The largest absolute Gasteiger partial charge is 0.480 e. The van der Waals surface area contributed by atoms with Crippen LogP contribution in [0.3, 0.4) is 0 Å². The standard InChI is InChI=1S/C22H26N2O2/c1-16-12-18(15-20(13-16)24-11-8-21(24)22(25)26)17-6-5-7-19(14-17)23-9-3-2-4-10-23/h5-7,12-15,21H,2-4,8-11H2,1H3,(H,25,26). The Bertz CT molecular complexity index is 812. The van der Waals surface area contributed by atoms with Crippen LogP contribution in [0.1, 0.15) is 31.2 Å². The third-order valence-electron chi connectivity index (χ3n) is 5.60. The highest BCUT2D eigenvalue weighted by molar-refractivity contribution is 5.82. The summed E-state index contributed by atoms with van der Waals surface area (Å²) in [7, 11) is 0. The highest BCUT2D eigenvalue weighted by Crippen LogP contribution is 2.33. The molecule has 4 nitrogen and oxygen atoms in total. The van der Waals surface area contributed by atoms with Crippen molar-refractivity contribution in [2.45, 2.75) is 38.6 Å². The number of rotatable bonds is 4. The molecule has 0 aromatic heterocycles. The molecule has 0 aliphatic carbocycles. The van der Waals surface area contributed by atoms with E-state index >= 15 is 0 Å². The Morgan fingerprint density at radius 2 is 1.73 bits per heavy atom. The molecule has 2 aromatic carbocycles. The fourth-order valence-corrected chi connectivity index (χ4v) is 4.08. The lowest BCUT2D eigenvalue weighted by atomic mass is 9.97. The molecule has 2 aromatic rings. The SMILES string of the molecule is Cc1cc(-c2cccc(N3CCCCC3)c2)cc(N2CCC2C(=O)O)c1. The average molecular weight is 350 g/mol. The molecule has 0 spiro atoms. The summed E-state index contributed by atoms with van der Waals surface area (Å²) in [6.07, 6.45) is 4.59. The number of carbonyl (C=O) groups is 1.